The van der Waals surface area contributed by atoms with E-state index < -0.39 is 0 Å². The van der Waals surface area contributed by atoms with Gasteiger partial charge in [-0.25, -0.2) is 0 Å². The van der Waals surface area contributed by atoms with Gasteiger partial charge < -0.3 is 9.13 Å². The van der Waals surface area contributed by atoms with Crippen LogP contribution in [0.4, 0.5) is 0 Å². The third-order valence-corrected chi connectivity index (χ3v) is 8.95. The molecule has 0 fully saturated rings. The van der Waals surface area contributed by atoms with Crippen molar-refractivity contribution in [3.8, 4) is 33.6 Å². The first kappa shape index (κ1) is 24.7. The molecule has 0 radical (unpaired) electrons. The van der Waals surface area contributed by atoms with Crippen molar-refractivity contribution in [1.29, 1.82) is 0 Å². The zero-order valence-electron chi connectivity index (χ0n) is 24.1. The van der Waals surface area contributed by atoms with Gasteiger partial charge in [0.1, 0.15) is 0 Å². The molecule has 0 aliphatic carbocycles. The topological polar surface area (TPSA) is 9.86 Å². The van der Waals surface area contributed by atoms with Crippen LogP contribution in [-0.2, 0) is 0 Å². The van der Waals surface area contributed by atoms with Crippen LogP contribution >= 0.6 is 0 Å². The monoisotopic (exact) mass is 560 g/mol. The minimum absolute atomic E-state index is 1.17. The molecule has 0 saturated heterocycles. The lowest BCUT2D eigenvalue weighted by atomic mass is 9.95. The maximum absolute atomic E-state index is 2.34. The van der Waals surface area contributed by atoms with Gasteiger partial charge in [0.15, 0.2) is 0 Å². The molecule has 0 saturated carbocycles. The maximum Gasteiger partial charge on any atom is 0.0534 e. The number of aromatic nitrogens is 2. The highest BCUT2D eigenvalue weighted by molar-refractivity contribution is 6.11. The summed E-state index contributed by atoms with van der Waals surface area (Å²) in [6.45, 7) is 0. The van der Waals surface area contributed by atoms with Crippen LogP contribution in [0.15, 0.2) is 170 Å². The van der Waals surface area contributed by atoms with Crippen LogP contribution in [0, 0.1) is 0 Å². The third-order valence-electron chi connectivity index (χ3n) is 8.95. The quantitative estimate of drug-likeness (QED) is 0.190. The van der Waals surface area contributed by atoms with Crippen molar-refractivity contribution >= 4 is 43.4 Å². The molecule has 44 heavy (non-hydrogen) atoms. The predicted octanol–water partition coefficient (Wildman–Crippen LogP) is 11.2. The van der Waals surface area contributed by atoms with Gasteiger partial charge in [0, 0.05) is 45.7 Å². The number of rotatable bonds is 4. The molecule has 2 heterocycles. The Morgan fingerprint density at radius 3 is 1.18 bits per heavy atom. The Bertz CT molecular complexity index is 2300. The summed E-state index contributed by atoms with van der Waals surface area (Å²) in [7, 11) is 0. The van der Waals surface area contributed by atoms with E-state index >= 15 is 0 Å². The highest BCUT2D eigenvalue weighted by Gasteiger charge is 2.14. The summed E-state index contributed by atoms with van der Waals surface area (Å²) in [4.78, 5) is 0. The standard InChI is InChI=1S/C42H28N2/c1-3-11-33(12-4-1)43-27-39(37-15-7-9-17-41(37)43)31-21-23-35-29(25-31)19-20-30-26-32(22-24-36(30)35)40-28-44(34-13-5-2-6-14-34)42-18-10-8-16-38(40)42/h1-28H. The molecule has 9 rings (SSSR count). The Kier molecular flexibility index (Phi) is 5.54. The summed E-state index contributed by atoms with van der Waals surface area (Å²) in [6.07, 6.45) is 4.56. The molecule has 0 spiro atoms. The number of fused-ring (bicyclic) bond motifs is 5. The Balaban J connectivity index is 1.16. The van der Waals surface area contributed by atoms with E-state index in [1.807, 2.05) is 0 Å². The van der Waals surface area contributed by atoms with Gasteiger partial charge >= 0.3 is 0 Å². The highest BCUT2D eigenvalue weighted by Crippen LogP contribution is 2.38. The summed E-state index contributed by atoms with van der Waals surface area (Å²) >= 11 is 0. The Morgan fingerprint density at radius 2 is 0.727 bits per heavy atom. The molecule has 0 aliphatic rings. The minimum atomic E-state index is 1.17. The lowest BCUT2D eigenvalue weighted by molar-refractivity contribution is 1.13. The van der Waals surface area contributed by atoms with E-state index in [1.165, 1.54) is 77.0 Å². The van der Waals surface area contributed by atoms with Gasteiger partial charge in [-0.1, -0.05) is 109 Å². The molecule has 2 heteroatoms. The molecule has 206 valence electrons. The molecule has 0 bridgehead atoms. The van der Waals surface area contributed by atoms with E-state index in [2.05, 4.69) is 179 Å². The van der Waals surface area contributed by atoms with Crippen molar-refractivity contribution in [3.63, 3.8) is 0 Å². The summed E-state index contributed by atoms with van der Waals surface area (Å²) in [5.41, 5.74) is 9.73. The molecule has 9 aromatic rings. The molecule has 2 nitrogen and oxygen atoms in total. The van der Waals surface area contributed by atoms with E-state index in [4.69, 9.17) is 0 Å². The normalized spacial score (nSPS) is 11.6. The molecule has 0 N–H and O–H groups in total. The lowest BCUT2D eigenvalue weighted by Gasteiger charge is -2.09. The van der Waals surface area contributed by atoms with Gasteiger partial charge in [0.2, 0.25) is 0 Å². The van der Waals surface area contributed by atoms with Crippen LogP contribution in [0.3, 0.4) is 0 Å². The summed E-state index contributed by atoms with van der Waals surface area (Å²) in [5.74, 6) is 0. The van der Waals surface area contributed by atoms with E-state index in [9.17, 15) is 0 Å². The Morgan fingerprint density at radius 1 is 0.318 bits per heavy atom. The first-order chi connectivity index (χ1) is 21.8. The Labute approximate surface area is 255 Å². The smallest absolute Gasteiger partial charge is 0.0534 e. The fourth-order valence-electron chi connectivity index (χ4n) is 6.83. The second-order valence-corrected chi connectivity index (χ2v) is 11.5. The summed E-state index contributed by atoms with van der Waals surface area (Å²) in [6, 6.07) is 56.9. The van der Waals surface area contributed by atoms with Gasteiger partial charge in [-0.05, 0) is 81.2 Å². The number of hydrogen-bond donors (Lipinski definition) is 0. The number of nitrogens with zero attached hydrogens (tertiary/aromatic N) is 2. The van der Waals surface area contributed by atoms with Gasteiger partial charge in [0.25, 0.3) is 0 Å². The molecule has 0 unspecified atom stereocenters. The van der Waals surface area contributed by atoms with E-state index in [0.717, 1.165) is 0 Å². The minimum Gasteiger partial charge on any atom is -0.316 e. The highest BCUT2D eigenvalue weighted by atomic mass is 15.0. The SMILES string of the molecule is c1ccc(-n2cc(-c3ccc4c(ccc5cc(-c6cn(-c7ccccc7)c7ccccc67)ccc54)c3)c3ccccc32)cc1. The molecule has 0 amide bonds. The fourth-order valence-corrected chi connectivity index (χ4v) is 6.83. The molecule has 2 aromatic heterocycles. The first-order valence-corrected chi connectivity index (χ1v) is 15.1. The van der Waals surface area contributed by atoms with Crippen LogP contribution in [0.5, 0.6) is 0 Å². The van der Waals surface area contributed by atoms with E-state index in [0.29, 0.717) is 0 Å². The number of para-hydroxylation sites is 4. The van der Waals surface area contributed by atoms with E-state index in [-0.39, 0.29) is 0 Å². The molecule has 7 aromatic carbocycles. The zero-order chi connectivity index (χ0) is 29.0. The fraction of sp³-hybridized carbons (Fsp3) is 0. The van der Waals surface area contributed by atoms with Crippen molar-refractivity contribution in [2.45, 2.75) is 0 Å². The van der Waals surface area contributed by atoms with Crippen molar-refractivity contribution < 1.29 is 0 Å². The van der Waals surface area contributed by atoms with Gasteiger partial charge in [-0.3, -0.25) is 0 Å². The van der Waals surface area contributed by atoms with Gasteiger partial charge in [-0.2, -0.15) is 0 Å². The van der Waals surface area contributed by atoms with Crippen LogP contribution < -0.4 is 0 Å². The zero-order valence-corrected chi connectivity index (χ0v) is 24.1. The van der Waals surface area contributed by atoms with E-state index in [1.54, 1.807) is 0 Å². The second-order valence-electron chi connectivity index (χ2n) is 11.5. The maximum atomic E-state index is 2.34. The van der Waals surface area contributed by atoms with Crippen LogP contribution in [0.25, 0.3) is 77.0 Å². The molecule has 0 atom stereocenters. The summed E-state index contributed by atoms with van der Waals surface area (Å²) < 4.78 is 4.59. The lowest BCUT2D eigenvalue weighted by Crippen LogP contribution is -1.90. The van der Waals surface area contributed by atoms with Crippen LogP contribution in [0.1, 0.15) is 0 Å². The third kappa shape index (κ3) is 3.89. The number of hydrogen-bond acceptors (Lipinski definition) is 0. The average molecular weight is 561 g/mol. The molecule has 0 aliphatic heterocycles. The van der Waals surface area contributed by atoms with Crippen molar-refractivity contribution in [2.24, 2.45) is 0 Å². The van der Waals surface area contributed by atoms with Crippen LogP contribution in [0.2, 0.25) is 0 Å². The molecular weight excluding hydrogens is 532 g/mol. The van der Waals surface area contributed by atoms with Crippen LogP contribution in [-0.4, -0.2) is 9.13 Å². The predicted molar refractivity (Wildman–Crippen MR) is 186 cm³/mol. The van der Waals surface area contributed by atoms with Gasteiger partial charge in [0.05, 0.1) is 11.0 Å². The summed E-state index contributed by atoms with van der Waals surface area (Å²) in [5, 5.41) is 7.57. The molecular formula is C42H28N2. The average Bonchev–Trinajstić information content (AvgIpc) is 3.68. The second kappa shape index (κ2) is 9.86. The van der Waals surface area contributed by atoms with Crippen molar-refractivity contribution in [2.75, 3.05) is 0 Å². The van der Waals surface area contributed by atoms with Crippen molar-refractivity contribution in [3.05, 3.63) is 170 Å². The van der Waals surface area contributed by atoms with Crippen molar-refractivity contribution in [1.82, 2.24) is 9.13 Å². The first-order valence-electron chi connectivity index (χ1n) is 15.1. The van der Waals surface area contributed by atoms with Gasteiger partial charge in [-0.15, -0.1) is 0 Å². The number of benzene rings is 7. The largest absolute Gasteiger partial charge is 0.316 e. The Hall–Kier alpha value is -5.86.